The molecule has 5 nitrogen and oxygen atoms in total. The van der Waals surface area contributed by atoms with Gasteiger partial charge >= 0.3 is 12.2 Å². The van der Waals surface area contributed by atoms with Crippen LogP contribution in [0.25, 0.3) is 0 Å². The van der Waals surface area contributed by atoms with E-state index in [1.807, 2.05) is 0 Å². The fourth-order valence-electron chi connectivity index (χ4n) is 2.52. The van der Waals surface area contributed by atoms with Crippen LogP contribution in [0.3, 0.4) is 0 Å². The molecule has 0 saturated heterocycles. The normalized spacial score (nSPS) is 13.0. The van der Waals surface area contributed by atoms with Gasteiger partial charge in [0, 0.05) is 12.8 Å². The van der Waals surface area contributed by atoms with Gasteiger partial charge in [0.15, 0.2) is 9.84 Å². The Balaban J connectivity index is 1.82. The molecule has 0 fully saturated rings. The van der Waals surface area contributed by atoms with Gasteiger partial charge in [-0.1, -0.05) is 24.3 Å². The van der Waals surface area contributed by atoms with Gasteiger partial charge in [0.25, 0.3) is 0 Å². The van der Waals surface area contributed by atoms with Gasteiger partial charge < -0.3 is 10.6 Å². The average molecular weight is 414 g/mol. The highest BCUT2D eigenvalue weighted by Gasteiger charge is 2.29. The first-order valence-corrected chi connectivity index (χ1v) is 10.4. The number of halogens is 3. The summed E-state index contributed by atoms with van der Waals surface area (Å²) in [4.78, 5) is 12.2. The van der Waals surface area contributed by atoms with Gasteiger partial charge in [-0.25, -0.2) is 13.2 Å². The Morgan fingerprint density at radius 3 is 2.11 bits per heavy atom. The van der Waals surface area contributed by atoms with Crippen LogP contribution in [0.4, 0.5) is 18.0 Å². The monoisotopic (exact) mass is 414 g/mol. The molecule has 2 amide bonds. The number of urea groups is 1. The minimum Gasteiger partial charge on any atom is -0.338 e. The highest BCUT2D eigenvalue weighted by molar-refractivity contribution is 7.90. The standard InChI is InChI=1S/C19H21F3N2O3S/c1-13(15-5-9-17(10-6-15)28(2,26)27)24-18(25)23-12-11-14-3-7-16(8-4-14)19(20,21)22/h3-10,13H,11-12H2,1-2H3,(H2,23,24,25). The Bertz CT molecular complexity index is 909. The molecule has 2 aromatic carbocycles. The minimum absolute atomic E-state index is 0.199. The highest BCUT2D eigenvalue weighted by Crippen LogP contribution is 2.29. The summed E-state index contributed by atoms with van der Waals surface area (Å²) in [5.74, 6) is 0. The Morgan fingerprint density at radius 2 is 1.61 bits per heavy atom. The number of hydrogen-bond donors (Lipinski definition) is 2. The van der Waals surface area contributed by atoms with E-state index in [4.69, 9.17) is 0 Å². The molecule has 0 aliphatic heterocycles. The molecule has 0 saturated carbocycles. The van der Waals surface area contributed by atoms with Crippen LogP contribution in [0, 0.1) is 0 Å². The molecule has 1 unspecified atom stereocenters. The van der Waals surface area contributed by atoms with E-state index in [1.54, 1.807) is 19.1 Å². The maximum absolute atomic E-state index is 12.5. The first-order valence-electron chi connectivity index (χ1n) is 8.47. The van der Waals surface area contributed by atoms with Crippen LogP contribution in [-0.2, 0) is 22.4 Å². The number of carbonyl (C=O) groups is 1. The maximum Gasteiger partial charge on any atom is 0.416 e. The molecule has 2 rings (SSSR count). The van der Waals surface area contributed by atoms with Crippen molar-refractivity contribution in [3.8, 4) is 0 Å². The van der Waals surface area contributed by atoms with Crippen molar-refractivity contribution in [2.45, 2.75) is 30.5 Å². The molecule has 9 heteroatoms. The molecule has 0 aliphatic rings. The Kier molecular flexibility index (Phi) is 6.71. The number of rotatable bonds is 6. The molecule has 0 aromatic heterocycles. The predicted molar refractivity (Wildman–Crippen MR) is 99.6 cm³/mol. The number of sulfone groups is 1. The van der Waals surface area contributed by atoms with Crippen LogP contribution in [0.15, 0.2) is 53.4 Å². The zero-order chi connectivity index (χ0) is 20.9. The number of hydrogen-bond acceptors (Lipinski definition) is 3. The molecule has 28 heavy (non-hydrogen) atoms. The van der Waals surface area contributed by atoms with E-state index >= 15 is 0 Å². The summed E-state index contributed by atoms with van der Waals surface area (Å²) in [6.45, 7) is 2.02. The summed E-state index contributed by atoms with van der Waals surface area (Å²) in [6, 6.07) is 10.2. The van der Waals surface area contributed by atoms with Crippen molar-refractivity contribution in [2.75, 3.05) is 12.8 Å². The molecule has 0 radical (unpaired) electrons. The largest absolute Gasteiger partial charge is 0.416 e. The Morgan fingerprint density at radius 1 is 1.04 bits per heavy atom. The third-order valence-corrected chi connectivity index (χ3v) is 5.26. The third kappa shape index (κ3) is 6.26. The van der Waals surface area contributed by atoms with Crippen LogP contribution in [0.2, 0.25) is 0 Å². The van der Waals surface area contributed by atoms with Crippen molar-refractivity contribution in [1.82, 2.24) is 10.6 Å². The van der Waals surface area contributed by atoms with E-state index in [0.29, 0.717) is 12.0 Å². The van der Waals surface area contributed by atoms with Crippen molar-refractivity contribution in [1.29, 1.82) is 0 Å². The van der Waals surface area contributed by atoms with Gasteiger partial charge in [-0.2, -0.15) is 13.2 Å². The predicted octanol–water partition coefficient (Wildman–Crippen LogP) is 3.71. The molecule has 0 spiro atoms. The second-order valence-electron chi connectivity index (χ2n) is 6.41. The first kappa shape index (κ1) is 21.7. The van der Waals surface area contributed by atoms with Crippen molar-refractivity contribution in [3.63, 3.8) is 0 Å². The minimum atomic E-state index is -4.37. The van der Waals surface area contributed by atoms with E-state index < -0.39 is 27.6 Å². The maximum atomic E-state index is 12.5. The molecule has 152 valence electrons. The lowest BCUT2D eigenvalue weighted by Crippen LogP contribution is -2.38. The van der Waals surface area contributed by atoms with Crippen molar-refractivity contribution in [3.05, 3.63) is 65.2 Å². The van der Waals surface area contributed by atoms with Gasteiger partial charge in [0.2, 0.25) is 0 Å². The summed E-state index contributed by atoms with van der Waals surface area (Å²) in [7, 11) is -3.28. The van der Waals surface area contributed by atoms with Gasteiger partial charge in [-0.15, -0.1) is 0 Å². The first-order chi connectivity index (χ1) is 13.0. The zero-order valence-corrected chi connectivity index (χ0v) is 16.2. The SMILES string of the molecule is CC(NC(=O)NCCc1ccc(C(F)(F)F)cc1)c1ccc(S(C)(=O)=O)cc1. The van der Waals surface area contributed by atoms with Crippen molar-refractivity contribution in [2.24, 2.45) is 0 Å². The van der Waals surface area contributed by atoms with Crippen LogP contribution >= 0.6 is 0 Å². The molecular formula is C19H21F3N2O3S. The summed E-state index contributed by atoms with van der Waals surface area (Å²) in [5, 5.41) is 5.37. The average Bonchev–Trinajstić information content (AvgIpc) is 2.60. The summed E-state index contributed by atoms with van der Waals surface area (Å²) in [6.07, 6.45) is -2.86. The second-order valence-corrected chi connectivity index (χ2v) is 8.42. The summed E-state index contributed by atoms with van der Waals surface area (Å²) in [5.41, 5.74) is 0.709. The van der Waals surface area contributed by atoms with Gasteiger partial charge in [-0.05, 0) is 48.7 Å². The van der Waals surface area contributed by atoms with Crippen LogP contribution in [0.5, 0.6) is 0 Å². The lowest BCUT2D eigenvalue weighted by atomic mass is 10.1. The van der Waals surface area contributed by atoms with Crippen molar-refractivity contribution >= 4 is 15.9 Å². The van der Waals surface area contributed by atoms with Gasteiger partial charge in [-0.3, -0.25) is 0 Å². The zero-order valence-electron chi connectivity index (χ0n) is 15.4. The molecule has 2 N–H and O–H groups in total. The number of benzene rings is 2. The number of amides is 2. The lowest BCUT2D eigenvalue weighted by Gasteiger charge is -2.15. The van der Waals surface area contributed by atoms with E-state index in [2.05, 4.69) is 10.6 Å². The molecule has 2 aromatic rings. The molecule has 1 atom stereocenters. The van der Waals surface area contributed by atoms with Crippen molar-refractivity contribution < 1.29 is 26.4 Å². The van der Waals surface area contributed by atoms with Gasteiger partial charge in [0.05, 0.1) is 16.5 Å². The van der Waals surface area contributed by atoms with E-state index in [0.717, 1.165) is 24.0 Å². The van der Waals surface area contributed by atoms with Gasteiger partial charge in [0.1, 0.15) is 0 Å². The molecular weight excluding hydrogens is 393 g/mol. The Labute approximate surface area is 161 Å². The summed E-state index contributed by atoms with van der Waals surface area (Å²) < 4.78 is 60.5. The quantitative estimate of drug-likeness (QED) is 0.757. The number of nitrogens with one attached hydrogen (secondary N) is 2. The smallest absolute Gasteiger partial charge is 0.338 e. The van der Waals surface area contributed by atoms with Crippen LogP contribution in [0.1, 0.15) is 29.7 Å². The fourth-order valence-corrected chi connectivity index (χ4v) is 3.15. The van der Waals surface area contributed by atoms with E-state index in [1.165, 1.54) is 24.3 Å². The topological polar surface area (TPSA) is 75.3 Å². The number of alkyl halides is 3. The Hall–Kier alpha value is -2.55. The summed E-state index contributed by atoms with van der Waals surface area (Å²) >= 11 is 0. The molecule has 0 aliphatic carbocycles. The highest BCUT2D eigenvalue weighted by atomic mass is 32.2. The fraction of sp³-hybridized carbons (Fsp3) is 0.316. The van der Waals surface area contributed by atoms with Crippen LogP contribution < -0.4 is 10.6 Å². The van der Waals surface area contributed by atoms with E-state index in [-0.39, 0.29) is 17.5 Å². The third-order valence-electron chi connectivity index (χ3n) is 4.14. The second kappa shape index (κ2) is 8.64. The molecule has 0 heterocycles. The van der Waals surface area contributed by atoms with E-state index in [9.17, 15) is 26.4 Å². The number of carbonyl (C=O) groups excluding carboxylic acids is 1. The molecule has 0 bridgehead atoms. The van der Waals surface area contributed by atoms with Crippen LogP contribution in [-0.4, -0.2) is 27.2 Å². The lowest BCUT2D eigenvalue weighted by molar-refractivity contribution is -0.137.